The van der Waals surface area contributed by atoms with Crippen molar-refractivity contribution in [3.63, 3.8) is 0 Å². The number of fused-ring (bicyclic) bond motifs is 1. The maximum Gasteiger partial charge on any atom is 0.336 e. The first kappa shape index (κ1) is 12.6. The van der Waals surface area contributed by atoms with E-state index in [1.54, 1.807) is 19.1 Å². The van der Waals surface area contributed by atoms with Crippen LogP contribution in [0.3, 0.4) is 0 Å². The fourth-order valence-electron chi connectivity index (χ4n) is 1.61. The van der Waals surface area contributed by atoms with Crippen molar-refractivity contribution in [2.24, 2.45) is 0 Å². The lowest BCUT2D eigenvalue weighted by Gasteiger charge is -2.06. The highest BCUT2D eigenvalue weighted by Gasteiger charge is 2.06. The largest absolute Gasteiger partial charge is 0.423 e. The van der Waals surface area contributed by atoms with Crippen LogP contribution in [0.15, 0.2) is 33.5 Å². The predicted octanol–water partition coefficient (Wildman–Crippen LogP) is 1.36. The van der Waals surface area contributed by atoms with E-state index in [0.717, 1.165) is 10.9 Å². The molecular weight excluding hydrogens is 258 g/mol. The van der Waals surface area contributed by atoms with Crippen LogP contribution in [0.2, 0.25) is 0 Å². The zero-order chi connectivity index (χ0) is 13.3. The van der Waals surface area contributed by atoms with Gasteiger partial charge in [-0.05, 0) is 24.6 Å². The first-order valence-corrected chi connectivity index (χ1v) is 6.70. The van der Waals surface area contributed by atoms with Crippen LogP contribution in [0.5, 0.6) is 0 Å². The van der Waals surface area contributed by atoms with Crippen LogP contribution in [-0.4, -0.2) is 18.8 Å². The maximum absolute atomic E-state index is 11.2. The van der Waals surface area contributed by atoms with Crippen molar-refractivity contribution in [1.29, 1.82) is 0 Å². The number of anilines is 1. The molecular formula is C11H11NO5S. The average Bonchev–Trinajstić information content (AvgIpc) is 2.24. The minimum Gasteiger partial charge on any atom is -0.423 e. The Labute approximate surface area is 103 Å². The number of aryl methyl sites for hydroxylation is 1. The van der Waals surface area contributed by atoms with Crippen molar-refractivity contribution < 1.29 is 17.4 Å². The van der Waals surface area contributed by atoms with E-state index in [2.05, 4.69) is 5.32 Å². The highest BCUT2D eigenvalue weighted by molar-refractivity contribution is 7.85. The molecule has 2 N–H and O–H groups in total. The second kappa shape index (κ2) is 4.43. The molecule has 0 aliphatic carbocycles. The summed E-state index contributed by atoms with van der Waals surface area (Å²) < 4.78 is 34.8. The second-order valence-electron chi connectivity index (χ2n) is 3.86. The van der Waals surface area contributed by atoms with Crippen molar-refractivity contribution >= 4 is 26.8 Å². The molecule has 0 atom stereocenters. The van der Waals surface area contributed by atoms with Crippen LogP contribution in [0.1, 0.15) is 5.56 Å². The average molecular weight is 269 g/mol. The standard InChI is InChI=1S/C11H11NO5S/c1-7-4-11(13)17-10-5-8(2-3-9(7)10)12-6-18(14,15)16/h2-5,12H,6H2,1H3,(H,14,15,16). The van der Waals surface area contributed by atoms with Crippen molar-refractivity contribution in [1.82, 2.24) is 0 Å². The first-order valence-electron chi connectivity index (χ1n) is 5.09. The molecule has 7 heteroatoms. The maximum atomic E-state index is 11.2. The zero-order valence-corrected chi connectivity index (χ0v) is 10.3. The van der Waals surface area contributed by atoms with Gasteiger partial charge in [0.2, 0.25) is 0 Å². The van der Waals surface area contributed by atoms with E-state index < -0.39 is 21.6 Å². The summed E-state index contributed by atoms with van der Waals surface area (Å²) in [5.41, 5.74) is 1.11. The molecule has 0 radical (unpaired) electrons. The lowest BCUT2D eigenvalue weighted by Crippen LogP contribution is -2.12. The van der Waals surface area contributed by atoms with Crippen LogP contribution in [0.25, 0.3) is 11.0 Å². The molecule has 18 heavy (non-hydrogen) atoms. The van der Waals surface area contributed by atoms with Crippen LogP contribution in [0, 0.1) is 6.92 Å². The van der Waals surface area contributed by atoms with Gasteiger partial charge in [-0.15, -0.1) is 0 Å². The van der Waals surface area contributed by atoms with Gasteiger partial charge in [0.05, 0.1) is 0 Å². The summed E-state index contributed by atoms with van der Waals surface area (Å²) in [6.07, 6.45) is 0. The van der Waals surface area contributed by atoms with E-state index in [1.165, 1.54) is 12.1 Å². The Morgan fingerprint density at radius 1 is 1.33 bits per heavy atom. The summed E-state index contributed by atoms with van der Waals surface area (Å²) in [5, 5.41) is 3.29. The first-order chi connectivity index (χ1) is 8.35. The van der Waals surface area contributed by atoms with E-state index in [0.29, 0.717) is 11.3 Å². The Kier molecular flexibility index (Phi) is 3.10. The molecule has 0 aliphatic rings. The minimum absolute atomic E-state index is 0.361. The normalized spacial score (nSPS) is 11.7. The summed E-state index contributed by atoms with van der Waals surface area (Å²) in [7, 11) is -4.10. The Morgan fingerprint density at radius 3 is 2.72 bits per heavy atom. The minimum atomic E-state index is -4.10. The Morgan fingerprint density at radius 2 is 2.06 bits per heavy atom. The molecule has 0 unspecified atom stereocenters. The molecule has 0 bridgehead atoms. The Bertz CT molecular complexity index is 748. The molecule has 1 aromatic carbocycles. The van der Waals surface area contributed by atoms with Gasteiger partial charge in [0, 0.05) is 23.2 Å². The summed E-state index contributed by atoms with van der Waals surface area (Å²) in [6.45, 7) is 1.78. The van der Waals surface area contributed by atoms with Gasteiger partial charge >= 0.3 is 5.63 Å². The van der Waals surface area contributed by atoms with Gasteiger partial charge in [-0.25, -0.2) is 4.79 Å². The quantitative estimate of drug-likeness (QED) is 0.645. The van der Waals surface area contributed by atoms with E-state index in [9.17, 15) is 13.2 Å². The molecule has 2 aromatic rings. The zero-order valence-electron chi connectivity index (χ0n) is 9.50. The number of rotatable bonds is 3. The fraction of sp³-hybridized carbons (Fsp3) is 0.182. The number of nitrogens with one attached hydrogen (secondary N) is 1. The summed E-state index contributed by atoms with van der Waals surface area (Å²) in [6, 6.07) is 6.24. The SMILES string of the molecule is Cc1cc(=O)oc2cc(NCS(=O)(=O)O)ccc12. The van der Waals surface area contributed by atoms with Crippen LogP contribution < -0.4 is 10.9 Å². The number of benzene rings is 1. The summed E-state index contributed by atoms with van der Waals surface area (Å²) in [5.74, 6) is -0.603. The van der Waals surface area contributed by atoms with Crippen LogP contribution in [-0.2, 0) is 10.1 Å². The lowest BCUT2D eigenvalue weighted by molar-refractivity contribution is 0.485. The summed E-state index contributed by atoms with van der Waals surface area (Å²) >= 11 is 0. The molecule has 0 saturated heterocycles. The molecule has 0 spiro atoms. The van der Waals surface area contributed by atoms with Gasteiger partial charge in [-0.3, -0.25) is 4.55 Å². The van der Waals surface area contributed by atoms with Crippen molar-refractivity contribution in [3.05, 3.63) is 40.2 Å². The smallest absolute Gasteiger partial charge is 0.336 e. The molecule has 96 valence electrons. The monoisotopic (exact) mass is 269 g/mol. The lowest BCUT2D eigenvalue weighted by atomic mass is 10.1. The Balaban J connectivity index is 2.41. The second-order valence-corrected chi connectivity index (χ2v) is 5.31. The number of hydrogen-bond acceptors (Lipinski definition) is 5. The van der Waals surface area contributed by atoms with E-state index in [4.69, 9.17) is 8.97 Å². The molecule has 0 amide bonds. The van der Waals surface area contributed by atoms with Gasteiger partial charge in [0.1, 0.15) is 11.5 Å². The van der Waals surface area contributed by atoms with Crippen LogP contribution in [0.4, 0.5) is 5.69 Å². The van der Waals surface area contributed by atoms with Crippen molar-refractivity contribution in [3.8, 4) is 0 Å². The highest BCUT2D eigenvalue weighted by Crippen LogP contribution is 2.20. The predicted molar refractivity (Wildman–Crippen MR) is 67.3 cm³/mol. The van der Waals surface area contributed by atoms with E-state index in [1.807, 2.05) is 0 Å². The van der Waals surface area contributed by atoms with E-state index in [-0.39, 0.29) is 0 Å². The molecule has 6 nitrogen and oxygen atoms in total. The third-order valence-electron chi connectivity index (χ3n) is 2.41. The topological polar surface area (TPSA) is 96.6 Å². The third-order valence-corrected chi connectivity index (χ3v) is 2.92. The fourth-order valence-corrected chi connectivity index (χ4v) is 1.96. The third kappa shape index (κ3) is 2.88. The molecule has 1 heterocycles. The van der Waals surface area contributed by atoms with Gasteiger partial charge in [0.25, 0.3) is 10.1 Å². The van der Waals surface area contributed by atoms with Crippen LogP contribution >= 0.6 is 0 Å². The van der Waals surface area contributed by atoms with Gasteiger partial charge in [0.15, 0.2) is 0 Å². The molecule has 0 aliphatic heterocycles. The molecule has 0 saturated carbocycles. The van der Waals surface area contributed by atoms with Crippen molar-refractivity contribution in [2.45, 2.75) is 6.92 Å². The summed E-state index contributed by atoms with van der Waals surface area (Å²) in [4.78, 5) is 11.2. The Hall–Kier alpha value is -1.86. The van der Waals surface area contributed by atoms with Crippen molar-refractivity contribution in [2.75, 3.05) is 11.2 Å². The van der Waals surface area contributed by atoms with Gasteiger partial charge in [-0.2, -0.15) is 8.42 Å². The van der Waals surface area contributed by atoms with Gasteiger partial charge < -0.3 is 9.73 Å². The molecule has 2 rings (SSSR count). The molecule has 0 fully saturated rings. The molecule has 1 aromatic heterocycles. The van der Waals surface area contributed by atoms with Gasteiger partial charge in [-0.1, -0.05) is 0 Å². The van der Waals surface area contributed by atoms with E-state index >= 15 is 0 Å². The number of hydrogen-bond donors (Lipinski definition) is 2. The highest BCUT2D eigenvalue weighted by atomic mass is 32.2.